The Morgan fingerprint density at radius 1 is 1.53 bits per heavy atom. The largest absolute Gasteiger partial charge is 0.372 e. The lowest BCUT2D eigenvalue weighted by Gasteiger charge is -2.14. The lowest BCUT2D eigenvalue weighted by molar-refractivity contribution is 0.100. The summed E-state index contributed by atoms with van der Waals surface area (Å²) in [7, 11) is 1.66. The molecule has 17 heavy (non-hydrogen) atoms. The number of ether oxygens (including phenoxy) is 1. The van der Waals surface area contributed by atoms with Crippen LogP contribution in [0.25, 0.3) is 11.0 Å². The van der Waals surface area contributed by atoms with Crippen molar-refractivity contribution in [2.45, 2.75) is 19.6 Å². The highest BCUT2D eigenvalue weighted by atomic mass is 79.9. The summed E-state index contributed by atoms with van der Waals surface area (Å²) in [6, 6.07) is 6.08. The second kappa shape index (κ2) is 5.16. The highest BCUT2D eigenvalue weighted by Crippen LogP contribution is 2.24. The van der Waals surface area contributed by atoms with E-state index in [-0.39, 0.29) is 6.10 Å². The van der Waals surface area contributed by atoms with E-state index in [1.54, 1.807) is 7.11 Å². The van der Waals surface area contributed by atoms with Crippen LogP contribution in [0.4, 0.5) is 0 Å². The van der Waals surface area contributed by atoms with Crippen molar-refractivity contribution in [2.24, 2.45) is 5.73 Å². The van der Waals surface area contributed by atoms with Gasteiger partial charge in [0.25, 0.3) is 0 Å². The van der Waals surface area contributed by atoms with Gasteiger partial charge in [-0.3, -0.25) is 0 Å². The number of benzene rings is 1. The fourth-order valence-electron chi connectivity index (χ4n) is 2.01. The zero-order valence-electron chi connectivity index (χ0n) is 9.98. The minimum Gasteiger partial charge on any atom is -0.372 e. The van der Waals surface area contributed by atoms with E-state index >= 15 is 0 Å². The monoisotopic (exact) mass is 297 g/mol. The Morgan fingerprint density at radius 3 is 2.88 bits per heavy atom. The Labute approximate surface area is 109 Å². The van der Waals surface area contributed by atoms with E-state index in [2.05, 4.69) is 38.5 Å². The first-order valence-corrected chi connectivity index (χ1v) is 6.39. The molecule has 2 N–H and O–H groups in total. The van der Waals surface area contributed by atoms with Crippen LogP contribution in [-0.4, -0.2) is 23.2 Å². The van der Waals surface area contributed by atoms with Gasteiger partial charge in [0.2, 0.25) is 0 Å². The standard InChI is InChI=1S/C12H16BrN3O/c1-3-16-10-5-4-8(13)6-9(10)15-12(16)11(7-14)17-2/h4-6,11H,3,7,14H2,1-2H3. The predicted octanol–water partition coefficient (Wildman–Crippen LogP) is 2.46. The highest BCUT2D eigenvalue weighted by Gasteiger charge is 2.17. The minimum atomic E-state index is -0.152. The van der Waals surface area contributed by atoms with E-state index in [0.29, 0.717) is 6.54 Å². The summed E-state index contributed by atoms with van der Waals surface area (Å²) in [6.45, 7) is 3.38. The molecule has 0 radical (unpaired) electrons. The van der Waals surface area contributed by atoms with E-state index in [9.17, 15) is 0 Å². The molecule has 1 aromatic carbocycles. The Kier molecular flexibility index (Phi) is 3.81. The molecule has 1 aromatic heterocycles. The lowest BCUT2D eigenvalue weighted by Crippen LogP contribution is -2.18. The normalized spacial score (nSPS) is 13.2. The number of nitrogens with two attached hydrogens (primary N) is 1. The molecule has 0 aliphatic rings. The van der Waals surface area contributed by atoms with E-state index < -0.39 is 0 Å². The van der Waals surface area contributed by atoms with Gasteiger partial charge in [0.1, 0.15) is 11.9 Å². The summed E-state index contributed by atoms with van der Waals surface area (Å²) in [6.07, 6.45) is -0.152. The molecule has 0 bridgehead atoms. The van der Waals surface area contributed by atoms with Crippen LogP contribution in [0, 0.1) is 0 Å². The van der Waals surface area contributed by atoms with Crippen molar-refractivity contribution in [3.63, 3.8) is 0 Å². The molecule has 1 unspecified atom stereocenters. The van der Waals surface area contributed by atoms with Crippen molar-refractivity contribution in [1.29, 1.82) is 0 Å². The van der Waals surface area contributed by atoms with Crippen molar-refractivity contribution in [3.05, 3.63) is 28.5 Å². The molecule has 5 heteroatoms. The topological polar surface area (TPSA) is 53.1 Å². The molecule has 92 valence electrons. The molecule has 0 saturated heterocycles. The van der Waals surface area contributed by atoms with Gasteiger partial charge in [-0.25, -0.2) is 4.98 Å². The summed E-state index contributed by atoms with van der Waals surface area (Å²) >= 11 is 3.45. The van der Waals surface area contributed by atoms with Gasteiger partial charge in [-0.2, -0.15) is 0 Å². The van der Waals surface area contributed by atoms with Crippen LogP contribution in [0.1, 0.15) is 18.9 Å². The number of methoxy groups -OCH3 is 1. The van der Waals surface area contributed by atoms with Crippen molar-refractivity contribution in [3.8, 4) is 0 Å². The average Bonchev–Trinajstić information content (AvgIpc) is 2.68. The first-order valence-electron chi connectivity index (χ1n) is 5.59. The summed E-state index contributed by atoms with van der Waals surface area (Å²) in [4.78, 5) is 4.61. The third-order valence-corrected chi connectivity index (χ3v) is 3.34. The molecule has 2 aromatic rings. The molecule has 4 nitrogen and oxygen atoms in total. The van der Waals surface area contributed by atoms with Gasteiger partial charge in [-0.1, -0.05) is 15.9 Å². The van der Waals surface area contributed by atoms with Gasteiger partial charge in [0.05, 0.1) is 11.0 Å². The third-order valence-electron chi connectivity index (χ3n) is 2.84. The number of fused-ring (bicyclic) bond motifs is 1. The summed E-state index contributed by atoms with van der Waals surface area (Å²) in [5.41, 5.74) is 7.78. The summed E-state index contributed by atoms with van der Waals surface area (Å²) in [5.74, 6) is 0.894. The quantitative estimate of drug-likeness (QED) is 0.943. The summed E-state index contributed by atoms with van der Waals surface area (Å²) < 4.78 is 8.54. The van der Waals surface area contributed by atoms with Crippen molar-refractivity contribution in [1.82, 2.24) is 9.55 Å². The van der Waals surface area contributed by atoms with E-state index in [0.717, 1.165) is 27.9 Å². The third kappa shape index (κ3) is 2.22. The molecular weight excluding hydrogens is 282 g/mol. The first kappa shape index (κ1) is 12.5. The molecule has 1 atom stereocenters. The Balaban J connectivity index is 2.62. The van der Waals surface area contributed by atoms with Crippen LogP contribution in [0.3, 0.4) is 0 Å². The average molecular weight is 298 g/mol. The van der Waals surface area contributed by atoms with Crippen LogP contribution in [0.15, 0.2) is 22.7 Å². The molecule has 0 fully saturated rings. The maximum Gasteiger partial charge on any atom is 0.140 e. The second-order valence-corrected chi connectivity index (χ2v) is 4.72. The molecule has 0 amide bonds. The number of aryl methyl sites for hydroxylation is 1. The SMILES string of the molecule is CCn1c(C(CN)OC)nc2cc(Br)ccc21. The highest BCUT2D eigenvalue weighted by molar-refractivity contribution is 9.10. The number of hydrogen-bond donors (Lipinski definition) is 1. The number of aromatic nitrogens is 2. The number of halogens is 1. The molecular formula is C12H16BrN3O. The van der Waals surface area contributed by atoms with Gasteiger partial charge in [-0.15, -0.1) is 0 Å². The Hall–Kier alpha value is -0.910. The number of imidazole rings is 1. The molecule has 0 aliphatic carbocycles. The Bertz CT molecular complexity index is 520. The van der Waals surface area contributed by atoms with Gasteiger partial charge in [-0.05, 0) is 25.1 Å². The van der Waals surface area contributed by atoms with Crippen LogP contribution in [0.5, 0.6) is 0 Å². The Morgan fingerprint density at radius 2 is 2.29 bits per heavy atom. The molecule has 1 heterocycles. The van der Waals surface area contributed by atoms with Gasteiger partial charge in [0.15, 0.2) is 0 Å². The summed E-state index contributed by atoms with van der Waals surface area (Å²) in [5, 5.41) is 0. The maximum atomic E-state index is 5.70. The van der Waals surface area contributed by atoms with Crippen LogP contribution >= 0.6 is 15.9 Å². The van der Waals surface area contributed by atoms with Crippen molar-refractivity contribution >= 4 is 27.0 Å². The van der Waals surface area contributed by atoms with Gasteiger partial charge < -0.3 is 15.0 Å². The van der Waals surface area contributed by atoms with Crippen molar-refractivity contribution in [2.75, 3.05) is 13.7 Å². The molecule has 0 spiro atoms. The van der Waals surface area contributed by atoms with Crippen molar-refractivity contribution < 1.29 is 4.74 Å². The fourth-order valence-corrected chi connectivity index (χ4v) is 2.36. The lowest BCUT2D eigenvalue weighted by atomic mass is 10.3. The number of rotatable bonds is 4. The van der Waals surface area contributed by atoms with Crippen LogP contribution in [-0.2, 0) is 11.3 Å². The number of nitrogens with zero attached hydrogens (tertiary/aromatic N) is 2. The van der Waals surface area contributed by atoms with Crippen LogP contribution < -0.4 is 5.73 Å². The first-order chi connectivity index (χ1) is 8.21. The van der Waals surface area contributed by atoms with Crippen LogP contribution in [0.2, 0.25) is 0 Å². The van der Waals surface area contributed by atoms with E-state index in [1.165, 1.54) is 0 Å². The van der Waals surface area contributed by atoms with E-state index in [1.807, 2.05) is 12.1 Å². The zero-order valence-corrected chi connectivity index (χ0v) is 11.6. The number of hydrogen-bond acceptors (Lipinski definition) is 3. The second-order valence-electron chi connectivity index (χ2n) is 3.81. The van der Waals surface area contributed by atoms with E-state index in [4.69, 9.17) is 10.5 Å². The predicted molar refractivity (Wildman–Crippen MR) is 71.9 cm³/mol. The van der Waals surface area contributed by atoms with Gasteiger partial charge >= 0.3 is 0 Å². The minimum absolute atomic E-state index is 0.152. The fraction of sp³-hybridized carbons (Fsp3) is 0.417. The molecule has 2 rings (SSSR count). The smallest absolute Gasteiger partial charge is 0.140 e. The maximum absolute atomic E-state index is 5.70. The molecule has 0 aliphatic heterocycles. The zero-order chi connectivity index (χ0) is 12.4. The molecule has 0 saturated carbocycles. The van der Waals surface area contributed by atoms with Gasteiger partial charge in [0, 0.05) is 24.7 Å².